The summed E-state index contributed by atoms with van der Waals surface area (Å²) in [5, 5.41) is 4.23. The molecule has 0 bridgehead atoms. The van der Waals surface area contributed by atoms with Gasteiger partial charge in [-0.3, -0.25) is 4.79 Å². The Kier molecular flexibility index (Phi) is 4.15. The van der Waals surface area contributed by atoms with Gasteiger partial charge in [-0.05, 0) is 49.8 Å². The fourth-order valence-corrected chi connectivity index (χ4v) is 1.83. The molecule has 2 rings (SSSR count). The van der Waals surface area contributed by atoms with Crippen LogP contribution in [0, 0.1) is 0 Å². The molecule has 0 unspecified atom stereocenters. The molecule has 0 N–H and O–H groups in total. The van der Waals surface area contributed by atoms with E-state index in [1.54, 1.807) is 32.0 Å². The normalized spacial score (nSPS) is 16.8. The van der Waals surface area contributed by atoms with Crippen molar-refractivity contribution in [3.8, 4) is 0 Å². The van der Waals surface area contributed by atoms with Gasteiger partial charge in [-0.1, -0.05) is 22.8 Å². The van der Waals surface area contributed by atoms with Gasteiger partial charge in [0.25, 0.3) is 0 Å². The van der Waals surface area contributed by atoms with E-state index < -0.39 is 5.97 Å². The molecule has 0 heterocycles. The van der Waals surface area contributed by atoms with Crippen molar-refractivity contribution in [1.29, 1.82) is 0 Å². The molecule has 1 aromatic rings. The molecule has 0 saturated carbocycles. The number of oxime groups is 1. The zero-order chi connectivity index (χ0) is 14.7. The topological polar surface area (TPSA) is 55.7 Å². The summed E-state index contributed by atoms with van der Waals surface area (Å²) in [6.07, 6.45) is 2.92. The van der Waals surface area contributed by atoms with E-state index in [0.29, 0.717) is 27.4 Å². The first-order valence-electron chi connectivity index (χ1n) is 5.94. The summed E-state index contributed by atoms with van der Waals surface area (Å²) in [5.74, 6) is -0.668. The number of halogens is 1. The molecule has 0 atom stereocenters. The van der Waals surface area contributed by atoms with E-state index >= 15 is 0 Å². The number of carbonyl (C=O) groups is 2. The first-order valence-corrected chi connectivity index (χ1v) is 6.32. The highest BCUT2D eigenvalue weighted by atomic mass is 35.5. The maximum Gasteiger partial charge on any atom is 0.365 e. The lowest BCUT2D eigenvalue weighted by atomic mass is 9.97. The zero-order valence-electron chi connectivity index (χ0n) is 11.0. The van der Waals surface area contributed by atoms with Crippen molar-refractivity contribution >= 4 is 29.1 Å². The van der Waals surface area contributed by atoms with Crippen LogP contribution in [0.4, 0.5) is 0 Å². The number of benzene rings is 1. The van der Waals surface area contributed by atoms with Crippen LogP contribution >= 0.6 is 11.6 Å². The Labute approximate surface area is 121 Å². The van der Waals surface area contributed by atoms with E-state index in [1.807, 2.05) is 0 Å². The van der Waals surface area contributed by atoms with Crippen LogP contribution in [0.25, 0.3) is 0 Å². The lowest BCUT2D eigenvalue weighted by Crippen LogP contribution is -2.12. The molecule has 102 valence electrons. The van der Waals surface area contributed by atoms with E-state index in [-0.39, 0.29) is 5.78 Å². The first-order chi connectivity index (χ1) is 9.49. The number of hydrogen-bond acceptors (Lipinski definition) is 4. The lowest BCUT2D eigenvalue weighted by Gasteiger charge is -2.09. The fraction of sp³-hybridized carbons (Fsp3) is 0.133. The molecule has 5 heteroatoms. The number of nitrogens with zero attached hydrogens (tertiary/aromatic N) is 1. The number of allylic oxidation sites excluding steroid dienone is 4. The summed E-state index contributed by atoms with van der Waals surface area (Å²) in [4.78, 5) is 28.1. The quantitative estimate of drug-likeness (QED) is 0.477. The van der Waals surface area contributed by atoms with Crippen LogP contribution in [0.3, 0.4) is 0 Å². The van der Waals surface area contributed by atoms with E-state index in [9.17, 15) is 9.59 Å². The molecule has 1 aromatic carbocycles. The van der Waals surface area contributed by atoms with Crippen molar-refractivity contribution in [3.63, 3.8) is 0 Å². The van der Waals surface area contributed by atoms with Gasteiger partial charge < -0.3 is 4.84 Å². The minimum atomic E-state index is -0.601. The molecule has 0 radical (unpaired) electrons. The van der Waals surface area contributed by atoms with Gasteiger partial charge in [0.15, 0.2) is 5.78 Å². The SMILES string of the molecule is CC1=C(C)/C(=N\OC(=O)c2cccc(Cl)c2)C=CC1=O. The van der Waals surface area contributed by atoms with Crippen LogP contribution < -0.4 is 0 Å². The Morgan fingerprint density at radius 3 is 2.65 bits per heavy atom. The molecular weight excluding hydrogens is 278 g/mol. The van der Waals surface area contributed by atoms with Crippen molar-refractivity contribution in [1.82, 2.24) is 0 Å². The highest BCUT2D eigenvalue weighted by Gasteiger charge is 2.15. The molecule has 0 saturated heterocycles. The van der Waals surface area contributed by atoms with E-state index in [4.69, 9.17) is 16.4 Å². The van der Waals surface area contributed by atoms with Crippen LogP contribution in [0.5, 0.6) is 0 Å². The summed E-state index contributed by atoms with van der Waals surface area (Å²) in [6.45, 7) is 3.46. The molecule has 0 amide bonds. The van der Waals surface area contributed by atoms with Gasteiger partial charge in [0.1, 0.15) is 5.71 Å². The maximum absolute atomic E-state index is 11.8. The van der Waals surface area contributed by atoms with Gasteiger partial charge >= 0.3 is 5.97 Å². The van der Waals surface area contributed by atoms with Crippen LogP contribution in [-0.4, -0.2) is 17.5 Å². The smallest absolute Gasteiger partial charge is 0.312 e. The van der Waals surface area contributed by atoms with E-state index in [0.717, 1.165) is 0 Å². The monoisotopic (exact) mass is 289 g/mol. The fourth-order valence-electron chi connectivity index (χ4n) is 1.64. The first kappa shape index (κ1) is 14.2. The van der Waals surface area contributed by atoms with Crippen molar-refractivity contribution in [2.24, 2.45) is 5.16 Å². The summed E-state index contributed by atoms with van der Waals surface area (Å²) < 4.78 is 0. The van der Waals surface area contributed by atoms with E-state index in [2.05, 4.69) is 5.16 Å². The standard InChI is InChI=1S/C15H12ClNO3/c1-9-10(2)14(18)7-6-13(9)17-20-15(19)11-4-3-5-12(16)8-11/h3-8H,1-2H3/b17-13-. The Balaban J connectivity index is 2.16. The third-order valence-corrected chi connectivity index (χ3v) is 3.23. The average molecular weight is 290 g/mol. The number of ketones is 1. The molecule has 0 aliphatic heterocycles. The summed E-state index contributed by atoms with van der Waals surface area (Å²) >= 11 is 5.80. The van der Waals surface area contributed by atoms with Crippen LogP contribution in [-0.2, 0) is 9.63 Å². The van der Waals surface area contributed by atoms with E-state index in [1.165, 1.54) is 18.2 Å². The molecule has 0 aromatic heterocycles. The highest BCUT2D eigenvalue weighted by Crippen LogP contribution is 2.15. The Morgan fingerprint density at radius 2 is 1.95 bits per heavy atom. The minimum absolute atomic E-state index is 0.0670. The number of carbonyl (C=O) groups excluding carboxylic acids is 2. The Hall–Kier alpha value is -2.20. The summed E-state index contributed by atoms with van der Waals surface area (Å²) in [7, 11) is 0. The molecule has 0 fully saturated rings. The third-order valence-electron chi connectivity index (χ3n) is 3.00. The molecule has 4 nitrogen and oxygen atoms in total. The van der Waals surface area contributed by atoms with Gasteiger partial charge in [0.2, 0.25) is 0 Å². The van der Waals surface area contributed by atoms with Crippen LogP contribution in [0.1, 0.15) is 24.2 Å². The predicted octanol–water partition coefficient (Wildman–Crippen LogP) is 3.33. The average Bonchev–Trinajstić information content (AvgIpc) is 2.44. The molecule has 0 spiro atoms. The van der Waals surface area contributed by atoms with Gasteiger partial charge in [-0.2, -0.15) is 0 Å². The minimum Gasteiger partial charge on any atom is -0.312 e. The maximum atomic E-state index is 11.8. The molecule has 20 heavy (non-hydrogen) atoms. The van der Waals surface area contributed by atoms with Crippen LogP contribution in [0.2, 0.25) is 5.02 Å². The second-order valence-electron chi connectivity index (χ2n) is 4.31. The molecular formula is C15H12ClNO3. The third kappa shape index (κ3) is 3.03. The Morgan fingerprint density at radius 1 is 1.20 bits per heavy atom. The second-order valence-corrected chi connectivity index (χ2v) is 4.75. The van der Waals surface area contributed by atoms with Gasteiger partial charge in [-0.15, -0.1) is 0 Å². The van der Waals surface area contributed by atoms with Gasteiger partial charge in [0.05, 0.1) is 5.56 Å². The van der Waals surface area contributed by atoms with Crippen LogP contribution in [0.15, 0.2) is 52.7 Å². The number of hydrogen-bond donors (Lipinski definition) is 0. The Bertz CT molecular complexity index is 671. The zero-order valence-corrected chi connectivity index (χ0v) is 11.8. The predicted molar refractivity (Wildman–Crippen MR) is 76.8 cm³/mol. The molecule has 1 aliphatic rings. The number of rotatable bonds is 2. The van der Waals surface area contributed by atoms with Crippen molar-refractivity contribution in [3.05, 3.63) is 58.1 Å². The second kappa shape index (κ2) is 5.84. The highest BCUT2D eigenvalue weighted by molar-refractivity contribution is 6.30. The van der Waals surface area contributed by atoms with Gasteiger partial charge in [0, 0.05) is 10.6 Å². The van der Waals surface area contributed by atoms with Crippen molar-refractivity contribution in [2.75, 3.05) is 0 Å². The largest absolute Gasteiger partial charge is 0.365 e. The van der Waals surface area contributed by atoms with Crippen molar-refractivity contribution in [2.45, 2.75) is 13.8 Å². The van der Waals surface area contributed by atoms with Gasteiger partial charge in [-0.25, -0.2) is 4.79 Å². The summed E-state index contributed by atoms with van der Waals surface area (Å²) in [5.41, 5.74) is 2.05. The van der Waals surface area contributed by atoms with Crippen molar-refractivity contribution < 1.29 is 14.4 Å². The summed E-state index contributed by atoms with van der Waals surface area (Å²) in [6, 6.07) is 6.40. The lowest BCUT2D eigenvalue weighted by molar-refractivity contribution is -0.111. The molecule has 1 aliphatic carbocycles.